The third-order valence-electron chi connectivity index (χ3n) is 6.30. The third kappa shape index (κ3) is 3.90. The van der Waals surface area contributed by atoms with Crippen LogP contribution in [0.5, 0.6) is 5.75 Å². The first kappa shape index (κ1) is 19.3. The number of thioether (sulfide) groups is 1. The van der Waals surface area contributed by atoms with Gasteiger partial charge in [-0.05, 0) is 63.0 Å². The van der Waals surface area contributed by atoms with Crippen molar-refractivity contribution in [1.29, 1.82) is 0 Å². The zero-order chi connectivity index (χ0) is 19.7. The molecule has 2 aliphatic rings. The van der Waals surface area contributed by atoms with Gasteiger partial charge in [-0.25, -0.2) is 0 Å². The summed E-state index contributed by atoms with van der Waals surface area (Å²) in [4.78, 5) is 12.8. The Hall–Kier alpha value is -2.02. The van der Waals surface area contributed by atoms with Gasteiger partial charge in [-0.1, -0.05) is 24.2 Å². The van der Waals surface area contributed by atoms with Crippen LogP contribution < -0.4 is 10.1 Å². The van der Waals surface area contributed by atoms with Gasteiger partial charge in [-0.2, -0.15) is 0 Å². The molecular formula is C21H28N4O2S. The number of nitrogens with zero attached hydrogens (tertiary/aromatic N) is 3. The predicted octanol–water partition coefficient (Wildman–Crippen LogP) is 3.70. The predicted molar refractivity (Wildman–Crippen MR) is 110 cm³/mol. The molecule has 2 bridgehead atoms. The molecule has 2 aromatic rings. The van der Waals surface area contributed by atoms with Crippen LogP contribution in [0.25, 0.3) is 5.69 Å². The molecule has 1 aromatic heterocycles. The zero-order valence-corrected chi connectivity index (χ0v) is 17.5. The summed E-state index contributed by atoms with van der Waals surface area (Å²) in [5.74, 6) is 3.18. The fourth-order valence-electron chi connectivity index (χ4n) is 4.81. The Morgan fingerprint density at radius 2 is 2.18 bits per heavy atom. The molecule has 0 radical (unpaired) electrons. The van der Waals surface area contributed by atoms with E-state index < -0.39 is 0 Å². The fourth-order valence-corrected chi connectivity index (χ4v) is 5.66. The highest BCUT2D eigenvalue weighted by atomic mass is 32.2. The lowest BCUT2D eigenvalue weighted by molar-refractivity contribution is -0.121. The van der Waals surface area contributed by atoms with Crippen LogP contribution in [0.2, 0.25) is 0 Å². The monoisotopic (exact) mass is 400 g/mol. The highest BCUT2D eigenvalue weighted by molar-refractivity contribution is 8.00. The second-order valence-corrected chi connectivity index (χ2v) is 9.39. The molecule has 1 amide bonds. The molecule has 150 valence electrons. The molecule has 0 aliphatic heterocycles. The number of hydrogen-bond donors (Lipinski definition) is 1. The van der Waals surface area contributed by atoms with Gasteiger partial charge in [0, 0.05) is 12.1 Å². The van der Waals surface area contributed by atoms with E-state index in [1.807, 2.05) is 35.8 Å². The molecule has 4 rings (SSSR count). The Morgan fingerprint density at radius 3 is 2.89 bits per heavy atom. The minimum Gasteiger partial charge on any atom is -0.497 e. The van der Waals surface area contributed by atoms with Crippen LogP contribution in [0, 0.1) is 17.8 Å². The van der Waals surface area contributed by atoms with E-state index in [4.69, 9.17) is 4.74 Å². The lowest BCUT2D eigenvalue weighted by Crippen LogP contribution is -2.43. The Balaban J connectivity index is 1.39. The Bertz CT molecular complexity index is 839. The smallest absolute Gasteiger partial charge is 0.233 e. The summed E-state index contributed by atoms with van der Waals surface area (Å²) in [7, 11) is 1.64. The number of benzene rings is 1. The van der Waals surface area contributed by atoms with Gasteiger partial charge in [0.1, 0.15) is 12.1 Å². The molecule has 1 N–H and O–H groups in total. The van der Waals surface area contributed by atoms with Gasteiger partial charge in [0.2, 0.25) is 5.91 Å². The maximum Gasteiger partial charge on any atom is 0.233 e. The van der Waals surface area contributed by atoms with Crippen LogP contribution in [-0.2, 0) is 4.79 Å². The summed E-state index contributed by atoms with van der Waals surface area (Å²) < 4.78 is 7.19. The normalized spacial score (nSPS) is 25.5. The Morgan fingerprint density at radius 1 is 1.32 bits per heavy atom. The van der Waals surface area contributed by atoms with E-state index in [-0.39, 0.29) is 17.2 Å². The first-order valence-corrected chi connectivity index (χ1v) is 10.9. The molecule has 28 heavy (non-hydrogen) atoms. The summed E-state index contributed by atoms with van der Waals surface area (Å²) >= 11 is 1.43. The molecular weight excluding hydrogens is 372 g/mol. The van der Waals surface area contributed by atoms with Crippen molar-refractivity contribution >= 4 is 17.7 Å². The van der Waals surface area contributed by atoms with Crippen molar-refractivity contribution < 1.29 is 9.53 Å². The molecule has 5 atom stereocenters. The van der Waals surface area contributed by atoms with Crippen molar-refractivity contribution in [3.63, 3.8) is 0 Å². The summed E-state index contributed by atoms with van der Waals surface area (Å²) in [5, 5.41) is 12.0. The summed E-state index contributed by atoms with van der Waals surface area (Å²) in [6.45, 7) is 4.09. The zero-order valence-electron chi connectivity index (χ0n) is 16.7. The Labute approximate surface area is 170 Å². The Kier molecular flexibility index (Phi) is 5.62. The molecule has 1 heterocycles. The SMILES string of the molecule is COc1cccc(-n2cnnc2S[C@H](C)C(=O)N[C@H](C)[C@H]2C[C@H]3CC[C@H]2C3)c1. The largest absolute Gasteiger partial charge is 0.497 e. The number of aromatic nitrogens is 3. The average Bonchev–Trinajstić information content (AvgIpc) is 3.45. The summed E-state index contributed by atoms with van der Waals surface area (Å²) in [6.07, 6.45) is 7.02. The first-order valence-electron chi connectivity index (χ1n) is 10.1. The number of methoxy groups -OCH3 is 1. The van der Waals surface area contributed by atoms with Crippen molar-refractivity contribution in [2.75, 3.05) is 7.11 Å². The number of hydrogen-bond acceptors (Lipinski definition) is 5. The van der Waals surface area contributed by atoms with Gasteiger partial charge < -0.3 is 10.1 Å². The van der Waals surface area contributed by atoms with Gasteiger partial charge in [0.15, 0.2) is 5.16 Å². The molecule has 0 spiro atoms. The number of rotatable bonds is 7. The van der Waals surface area contributed by atoms with Gasteiger partial charge in [0.05, 0.1) is 18.0 Å². The molecule has 0 saturated heterocycles. The molecule has 2 saturated carbocycles. The summed E-state index contributed by atoms with van der Waals surface area (Å²) in [6, 6.07) is 7.96. The molecule has 0 unspecified atom stereocenters. The third-order valence-corrected chi connectivity index (χ3v) is 7.36. The van der Waals surface area contributed by atoms with Gasteiger partial charge in [-0.3, -0.25) is 9.36 Å². The van der Waals surface area contributed by atoms with E-state index in [9.17, 15) is 4.79 Å². The number of fused-ring (bicyclic) bond motifs is 2. The standard InChI is InChI=1S/C21H28N4O2S/c1-13(19-10-15-7-8-16(19)9-15)23-20(26)14(2)28-21-24-22-12-25(21)17-5-4-6-18(11-17)27-3/h4-6,11-16,19H,7-10H2,1-3H3,(H,23,26)/t13-,14-,15+,16+,19-/m1/s1. The van der Waals surface area contributed by atoms with Crippen LogP contribution in [0.3, 0.4) is 0 Å². The van der Waals surface area contributed by atoms with Gasteiger partial charge in [-0.15, -0.1) is 10.2 Å². The first-order chi connectivity index (χ1) is 13.5. The van der Waals surface area contributed by atoms with Crippen molar-refractivity contribution in [2.24, 2.45) is 17.8 Å². The van der Waals surface area contributed by atoms with Crippen LogP contribution in [-0.4, -0.2) is 39.1 Å². The number of amides is 1. The maximum atomic E-state index is 12.8. The van der Waals surface area contributed by atoms with E-state index in [1.54, 1.807) is 13.4 Å². The molecule has 2 aliphatic carbocycles. The summed E-state index contributed by atoms with van der Waals surface area (Å²) in [5.41, 5.74) is 0.912. The second-order valence-electron chi connectivity index (χ2n) is 8.08. The highest BCUT2D eigenvalue weighted by Gasteiger charge is 2.42. The molecule has 6 nitrogen and oxygen atoms in total. The molecule has 2 fully saturated rings. The number of carbonyl (C=O) groups excluding carboxylic acids is 1. The highest BCUT2D eigenvalue weighted by Crippen LogP contribution is 2.49. The molecule has 1 aromatic carbocycles. The van der Waals surface area contributed by atoms with Crippen LogP contribution >= 0.6 is 11.8 Å². The van der Waals surface area contributed by atoms with Gasteiger partial charge in [0.25, 0.3) is 0 Å². The number of ether oxygens (including phenoxy) is 1. The minimum atomic E-state index is -0.241. The van der Waals surface area contributed by atoms with Crippen LogP contribution in [0.4, 0.5) is 0 Å². The topological polar surface area (TPSA) is 69.0 Å². The lowest BCUT2D eigenvalue weighted by atomic mass is 9.84. The van der Waals surface area contributed by atoms with E-state index >= 15 is 0 Å². The van der Waals surface area contributed by atoms with E-state index in [1.165, 1.54) is 37.4 Å². The van der Waals surface area contributed by atoms with Crippen molar-refractivity contribution in [2.45, 2.75) is 56.0 Å². The number of nitrogens with one attached hydrogen (secondary N) is 1. The van der Waals surface area contributed by atoms with Crippen LogP contribution in [0.1, 0.15) is 39.5 Å². The van der Waals surface area contributed by atoms with Crippen molar-refractivity contribution in [1.82, 2.24) is 20.1 Å². The quantitative estimate of drug-likeness (QED) is 0.718. The van der Waals surface area contributed by atoms with E-state index in [2.05, 4.69) is 22.4 Å². The lowest BCUT2D eigenvalue weighted by Gasteiger charge is -2.29. The second kappa shape index (κ2) is 8.15. The maximum absolute atomic E-state index is 12.8. The number of carbonyl (C=O) groups is 1. The van der Waals surface area contributed by atoms with Crippen LogP contribution in [0.15, 0.2) is 35.7 Å². The van der Waals surface area contributed by atoms with Crippen molar-refractivity contribution in [3.05, 3.63) is 30.6 Å². The fraction of sp³-hybridized carbons (Fsp3) is 0.571. The minimum absolute atomic E-state index is 0.0699. The van der Waals surface area contributed by atoms with E-state index in [0.29, 0.717) is 11.1 Å². The molecule has 7 heteroatoms. The van der Waals surface area contributed by atoms with Gasteiger partial charge >= 0.3 is 0 Å². The van der Waals surface area contributed by atoms with Crippen molar-refractivity contribution in [3.8, 4) is 11.4 Å². The van der Waals surface area contributed by atoms with E-state index in [0.717, 1.165) is 23.3 Å². The average molecular weight is 401 g/mol.